The Labute approximate surface area is 78.8 Å². The number of nitrogens with one attached hydrogen (secondary N) is 1. The van der Waals surface area contributed by atoms with Gasteiger partial charge in [-0.1, -0.05) is 18.6 Å². The molecule has 0 saturated carbocycles. The van der Waals surface area contributed by atoms with Crippen molar-refractivity contribution in [2.75, 3.05) is 6.67 Å². The molecule has 0 atom stereocenters. The van der Waals surface area contributed by atoms with E-state index in [0.717, 1.165) is 19.3 Å². The molecule has 2 heteroatoms. The van der Waals surface area contributed by atoms with Crippen molar-refractivity contribution < 1.29 is 4.39 Å². The first kappa shape index (κ1) is 10.0. The summed E-state index contributed by atoms with van der Waals surface area (Å²) in [7, 11) is 0. The van der Waals surface area contributed by atoms with E-state index in [1.165, 1.54) is 5.56 Å². The van der Waals surface area contributed by atoms with E-state index in [2.05, 4.69) is 0 Å². The van der Waals surface area contributed by atoms with Gasteiger partial charge in [0, 0.05) is 0 Å². The lowest BCUT2D eigenvalue weighted by Crippen LogP contribution is -1.86. The fourth-order valence-corrected chi connectivity index (χ4v) is 1.33. The van der Waals surface area contributed by atoms with E-state index in [4.69, 9.17) is 5.73 Å². The maximum absolute atomic E-state index is 11.8. The van der Waals surface area contributed by atoms with Crippen molar-refractivity contribution in [2.24, 2.45) is 0 Å². The van der Waals surface area contributed by atoms with E-state index in [1.807, 2.05) is 18.2 Å². The Morgan fingerprint density at radius 1 is 1.15 bits per heavy atom. The molecule has 0 spiro atoms. The molecule has 0 aliphatic rings. The minimum atomic E-state index is -0.210. The number of rotatable bonds is 5. The molecule has 1 radical (unpaired) electrons. The molecule has 0 bridgehead atoms. The highest BCUT2D eigenvalue weighted by Gasteiger charge is 1.94. The smallest absolute Gasteiger partial charge is 0.0894 e. The van der Waals surface area contributed by atoms with Crippen LogP contribution < -0.4 is 5.73 Å². The number of hydrogen-bond donors (Lipinski definition) is 0. The van der Waals surface area contributed by atoms with Gasteiger partial charge in [0.1, 0.15) is 0 Å². The van der Waals surface area contributed by atoms with E-state index >= 15 is 0 Å². The Hall–Kier alpha value is -1.05. The van der Waals surface area contributed by atoms with Crippen LogP contribution in [0.5, 0.6) is 0 Å². The summed E-state index contributed by atoms with van der Waals surface area (Å²) in [5.41, 5.74) is 9.14. The average Bonchev–Trinajstić information content (AvgIpc) is 2.13. The van der Waals surface area contributed by atoms with Gasteiger partial charge in [-0.25, -0.2) is 0 Å². The quantitative estimate of drug-likeness (QED) is 0.621. The van der Waals surface area contributed by atoms with Gasteiger partial charge in [0.05, 0.1) is 12.4 Å². The van der Waals surface area contributed by atoms with Crippen LogP contribution in [-0.4, -0.2) is 6.67 Å². The van der Waals surface area contributed by atoms with Crippen LogP contribution in [0, 0.1) is 0 Å². The highest BCUT2D eigenvalue weighted by Crippen LogP contribution is 2.11. The van der Waals surface area contributed by atoms with Gasteiger partial charge < -0.3 is 5.73 Å². The molecule has 13 heavy (non-hydrogen) atoms. The number of benzene rings is 1. The van der Waals surface area contributed by atoms with Crippen LogP contribution in [0.1, 0.15) is 24.8 Å². The highest BCUT2D eigenvalue weighted by atomic mass is 19.1. The molecular formula is C11H15FN. The molecule has 0 heterocycles. The van der Waals surface area contributed by atoms with E-state index in [1.54, 1.807) is 6.07 Å². The van der Waals surface area contributed by atoms with Crippen molar-refractivity contribution >= 4 is 5.69 Å². The third-order valence-electron chi connectivity index (χ3n) is 2.03. The van der Waals surface area contributed by atoms with Crippen LogP contribution in [-0.2, 0) is 6.42 Å². The molecule has 0 aliphatic carbocycles. The zero-order valence-corrected chi connectivity index (χ0v) is 7.72. The summed E-state index contributed by atoms with van der Waals surface area (Å²) < 4.78 is 11.8. The van der Waals surface area contributed by atoms with Crippen LogP contribution >= 0.6 is 0 Å². The van der Waals surface area contributed by atoms with Gasteiger partial charge in [-0.3, -0.25) is 4.39 Å². The molecule has 0 saturated heterocycles. The number of aryl methyl sites for hydroxylation is 1. The van der Waals surface area contributed by atoms with Gasteiger partial charge in [0.25, 0.3) is 0 Å². The molecule has 1 aromatic rings. The molecule has 0 unspecified atom stereocenters. The molecule has 0 fully saturated rings. The summed E-state index contributed by atoms with van der Waals surface area (Å²) in [6, 6.07) is 7.56. The van der Waals surface area contributed by atoms with Crippen LogP contribution in [0.4, 0.5) is 10.1 Å². The van der Waals surface area contributed by atoms with Crippen LogP contribution in [0.2, 0.25) is 0 Å². The molecular weight excluding hydrogens is 165 g/mol. The second-order valence-electron chi connectivity index (χ2n) is 3.20. The maximum Gasteiger partial charge on any atom is 0.0894 e. The minimum absolute atomic E-state index is 0.210. The summed E-state index contributed by atoms with van der Waals surface area (Å²) in [5.74, 6) is 0. The SMILES string of the molecule is [NH]c1cccc(CCCCCF)c1. The summed E-state index contributed by atoms with van der Waals surface area (Å²) in [6.07, 6.45) is 3.60. The molecule has 1 rings (SSSR count). The van der Waals surface area contributed by atoms with Crippen molar-refractivity contribution in [1.82, 2.24) is 5.73 Å². The second-order valence-corrected chi connectivity index (χ2v) is 3.20. The van der Waals surface area contributed by atoms with Crippen LogP contribution in [0.15, 0.2) is 24.3 Å². The predicted molar refractivity (Wildman–Crippen MR) is 52.7 cm³/mol. The first-order valence-electron chi connectivity index (χ1n) is 4.69. The van der Waals surface area contributed by atoms with Gasteiger partial charge >= 0.3 is 0 Å². The summed E-state index contributed by atoms with van der Waals surface area (Å²) in [6.45, 7) is -0.210. The molecule has 1 nitrogen and oxygen atoms in total. The fourth-order valence-electron chi connectivity index (χ4n) is 1.33. The zero-order valence-electron chi connectivity index (χ0n) is 7.72. The largest absolute Gasteiger partial charge is 0.301 e. The van der Waals surface area contributed by atoms with Crippen molar-refractivity contribution in [1.29, 1.82) is 0 Å². The van der Waals surface area contributed by atoms with E-state index in [-0.39, 0.29) is 6.67 Å². The Kier molecular flexibility index (Phi) is 4.30. The maximum atomic E-state index is 11.8. The first-order valence-corrected chi connectivity index (χ1v) is 4.69. The van der Waals surface area contributed by atoms with Crippen molar-refractivity contribution in [3.8, 4) is 0 Å². The third-order valence-corrected chi connectivity index (χ3v) is 2.03. The Bertz CT molecular complexity index is 248. The van der Waals surface area contributed by atoms with E-state index < -0.39 is 0 Å². The van der Waals surface area contributed by atoms with Gasteiger partial charge in [0.15, 0.2) is 0 Å². The Morgan fingerprint density at radius 2 is 2.00 bits per heavy atom. The number of alkyl halides is 1. The lowest BCUT2D eigenvalue weighted by Gasteiger charge is -2.00. The number of hydrogen-bond acceptors (Lipinski definition) is 0. The summed E-state index contributed by atoms with van der Waals surface area (Å²) in [4.78, 5) is 0. The fraction of sp³-hybridized carbons (Fsp3) is 0.455. The number of unbranched alkanes of at least 4 members (excludes halogenated alkanes) is 2. The zero-order chi connectivity index (χ0) is 9.52. The number of halogens is 1. The van der Waals surface area contributed by atoms with Crippen LogP contribution in [0.25, 0.3) is 0 Å². The second kappa shape index (κ2) is 5.57. The van der Waals surface area contributed by atoms with Crippen molar-refractivity contribution in [3.63, 3.8) is 0 Å². The van der Waals surface area contributed by atoms with Gasteiger partial charge in [-0.2, -0.15) is 0 Å². The standard InChI is InChI=1S/C11H15FN/c12-8-3-1-2-5-10-6-4-7-11(13)9-10/h4,6-7,9,13H,1-3,5,8H2. The van der Waals surface area contributed by atoms with Crippen molar-refractivity contribution in [3.05, 3.63) is 29.8 Å². The predicted octanol–water partition coefficient (Wildman–Crippen LogP) is 3.28. The minimum Gasteiger partial charge on any atom is -0.301 e. The lowest BCUT2D eigenvalue weighted by molar-refractivity contribution is 0.456. The normalized spacial score (nSPS) is 10.2. The summed E-state index contributed by atoms with van der Waals surface area (Å²) >= 11 is 0. The Balaban J connectivity index is 2.28. The topological polar surface area (TPSA) is 23.8 Å². The van der Waals surface area contributed by atoms with Gasteiger partial charge in [-0.15, -0.1) is 0 Å². The molecule has 1 N–H and O–H groups in total. The monoisotopic (exact) mass is 180 g/mol. The van der Waals surface area contributed by atoms with Crippen LogP contribution in [0.3, 0.4) is 0 Å². The molecule has 0 aliphatic heterocycles. The van der Waals surface area contributed by atoms with Gasteiger partial charge in [-0.05, 0) is 37.0 Å². The highest BCUT2D eigenvalue weighted by molar-refractivity contribution is 5.37. The summed E-state index contributed by atoms with van der Waals surface area (Å²) in [5, 5.41) is 0. The Morgan fingerprint density at radius 3 is 2.69 bits per heavy atom. The molecule has 0 aromatic heterocycles. The van der Waals surface area contributed by atoms with Crippen molar-refractivity contribution in [2.45, 2.75) is 25.7 Å². The third kappa shape index (κ3) is 3.92. The molecule has 1 aromatic carbocycles. The average molecular weight is 180 g/mol. The first-order chi connectivity index (χ1) is 6.33. The lowest BCUT2D eigenvalue weighted by atomic mass is 10.1. The van der Waals surface area contributed by atoms with E-state index in [9.17, 15) is 4.39 Å². The van der Waals surface area contributed by atoms with E-state index in [0.29, 0.717) is 12.1 Å². The van der Waals surface area contributed by atoms with Gasteiger partial charge in [0.2, 0.25) is 0 Å². The molecule has 0 amide bonds. The molecule has 71 valence electrons.